The van der Waals surface area contributed by atoms with Gasteiger partial charge in [-0.15, -0.1) is 0 Å². The molecule has 4 aromatic heterocycles. The normalized spacial score (nSPS) is 16.4. The Hall–Kier alpha value is -3.36. The van der Waals surface area contributed by atoms with Gasteiger partial charge in [0.1, 0.15) is 12.0 Å². The van der Waals surface area contributed by atoms with E-state index in [1.807, 2.05) is 18.3 Å². The molecule has 1 fully saturated rings. The van der Waals surface area contributed by atoms with Gasteiger partial charge in [0.2, 0.25) is 5.92 Å². The number of hydrogen-bond donors (Lipinski definition) is 2. The lowest BCUT2D eigenvalue weighted by Gasteiger charge is -2.34. The molecule has 142 valence electrons. The summed E-state index contributed by atoms with van der Waals surface area (Å²) < 4.78 is 27.5. The third-order valence-electron chi connectivity index (χ3n) is 5.16. The lowest BCUT2D eigenvalue weighted by atomic mass is 9.81. The summed E-state index contributed by atoms with van der Waals surface area (Å²) in [6.45, 7) is 0.241. The van der Waals surface area contributed by atoms with Crippen molar-refractivity contribution in [2.75, 3.05) is 6.54 Å². The SMILES string of the molecule is O=C(NCC1CC(F)(F)C1)c1cnn2ccc(-c3c[nH]c4ncncc34)cc12. The quantitative estimate of drug-likeness (QED) is 0.568. The maximum atomic E-state index is 12.9. The molecule has 7 nitrogen and oxygen atoms in total. The van der Waals surface area contributed by atoms with Crippen LogP contribution in [-0.2, 0) is 0 Å². The van der Waals surface area contributed by atoms with Crippen LogP contribution in [0.15, 0.2) is 43.2 Å². The van der Waals surface area contributed by atoms with Crippen LogP contribution in [0.1, 0.15) is 23.2 Å². The summed E-state index contributed by atoms with van der Waals surface area (Å²) in [5.41, 5.74) is 3.59. The summed E-state index contributed by atoms with van der Waals surface area (Å²) in [5.74, 6) is -3.08. The van der Waals surface area contributed by atoms with E-state index < -0.39 is 5.92 Å². The van der Waals surface area contributed by atoms with E-state index in [2.05, 4.69) is 25.4 Å². The van der Waals surface area contributed by atoms with E-state index >= 15 is 0 Å². The van der Waals surface area contributed by atoms with E-state index in [0.717, 1.165) is 22.2 Å². The first-order chi connectivity index (χ1) is 13.5. The van der Waals surface area contributed by atoms with Crippen LogP contribution in [0.4, 0.5) is 8.78 Å². The highest BCUT2D eigenvalue weighted by Crippen LogP contribution is 2.41. The molecule has 0 atom stereocenters. The van der Waals surface area contributed by atoms with Gasteiger partial charge in [-0.25, -0.2) is 23.3 Å². The topological polar surface area (TPSA) is 88.0 Å². The molecule has 4 heterocycles. The molecule has 28 heavy (non-hydrogen) atoms. The molecule has 2 N–H and O–H groups in total. The minimum absolute atomic E-state index is 0.172. The third-order valence-corrected chi connectivity index (χ3v) is 5.16. The van der Waals surface area contributed by atoms with E-state index in [4.69, 9.17) is 0 Å². The molecule has 5 rings (SSSR count). The standard InChI is InChI=1S/C19H16F2N6O/c20-19(21)4-11(5-19)6-24-18(28)15-9-26-27-2-1-12(3-16(15)27)13-8-23-17-14(13)7-22-10-25-17/h1-3,7-11H,4-6H2,(H,24,28)(H,22,23,25). The second-order valence-electron chi connectivity index (χ2n) is 7.13. The van der Waals surface area contributed by atoms with Crippen molar-refractivity contribution in [3.05, 3.63) is 48.8 Å². The lowest BCUT2D eigenvalue weighted by Crippen LogP contribution is -2.42. The number of fused-ring (bicyclic) bond motifs is 2. The van der Waals surface area contributed by atoms with Crippen molar-refractivity contribution in [2.45, 2.75) is 18.8 Å². The molecule has 0 spiro atoms. The first-order valence-corrected chi connectivity index (χ1v) is 8.91. The number of nitrogens with one attached hydrogen (secondary N) is 2. The lowest BCUT2D eigenvalue weighted by molar-refractivity contribution is -0.108. The zero-order chi connectivity index (χ0) is 19.3. The predicted octanol–water partition coefficient (Wildman–Crippen LogP) is 3.05. The Morgan fingerprint density at radius 2 is 2.21 bits per heavy atom. The molecule has 1 aliphatic carbocycles. The number of hydrogen-bond acceptors (Lipinski definition) is 4. The fraction of sp³-hybridized carbons (Fsp3) is 0.263. The van der Waals surface area contributed by atoms with Gasteiger partial charge in [0.05, 0.1) is 17.3 Å². The molecule has 1 amide bonds. The minimum Gasteiger partial charge on any atom is -0.352 e. The molecule has 0 unspecified atom stereocenters. The number of H-pyrrole nitrogens is 1. The Bertz CT molecular complexity index is 1190. The number of alkyl halides is 2. The van der Waals surface area contributed by atoms with Crippen molar-refractivity contribution in [3.63, 3.8) is 0 Å². The second kappa shape index (κ2) is 6.08. The maximum Gasteiger partial charge on any atom is 0.255 e. The van der Waals surface area contributed by atoms with Crippen molar-refractivity contribution >= 4 is 22.5 Å². The number of nitrogens with zero attached hydrogens (tertiary/aromatic N) is 4. The molecule has 1 aliphatic rings. The minimum atomic E-state index is -2.59. The second-order valence-corrected chi connectivity index (χ2v) is 7.13. The van der Waals surface area contributed by atoms with Gasteiger partial charge in [0.25, 0.3) is 5.91 Å². The summed E-state index contributed by atoms with van der Waals surface area (Å²) in [5, 5.41) is 7.84. The summed E-state index contributed by atoms with van der Waals surface area (Å²) in [7, 11) is 0. The summed E-state index contributed by atoms with van der Waals surface area (Å²) in [6, 6.07) is 3.77. The molecular weight excluding hydrogens is 366 g/mol. The highest BCUT2D eigenvalue weighted by Gasteiger charge is 2.45. The average molecular weight is 382 g/mol. The predicted molar refractivity (Wildman–Crippen MR) is 98.1 cm³/mol. The summed E-state index contributed by atoms with van der Waals surface area (Å²) >= 11 is 0. The Kier molecular flexibility index (Phi) is 3.65. The Balaban J connectivity index is 1.43. The molecular formula is C19H16F2N6O. The van der Waals surface area contributed by atoms with Crippen LogP contribution in [-0.4, -0.2) is 42.9 Å². The third kappa shape index (κ3) is 2.79. The number of aromatic amines is 1. The van der Waals surface area contributed by atoms with Gasteiger partial charge in [-0.3, -0.25) is 4.79 Å². The molecule has 4 aromatic rings. The van der Waals surface area contributed by atoms with Gasteiger partial charge in [-0.1, -0.05) is 0 Å². The van der Waals surface area contributed by atoms with Crippen LogP contribution in [0.2, 0.25) is 0 Å². The van der Waals surface area contributed by atoms with Crippen LogP contribution >= 0.6 is 0 Å². The average Bonchev–Trinajstić information content (AvgIpc) is 3.28. The number of amides is 1. The van der Waals surface area contributed by atoms with Crippen LogP contribution in [0.5, 0.6) is 0 Å². The fourth-order valence-electron chi connectivity index (χ4n) is 3.68. The first kappa shape index (κ1) is 16.8. The Morgan fingerprint density at radius 1 is 1.36 bits per heavy atom. The van der Waals surface area contributed by atoms with Crippen molar-refractivity contribution in [2.24, 2.45) is 5.92 Å². The van der Waals surface area contributed by atoms with Gasteiger partial charge >= 0.3 is 0 Å². The van der Waals surface area contributed by atoms with Crippen molar-refractivity contribution < 1.29 is 13.6 Å². The van der Waals surface area contributed by atoms with Crippen LogP contribution < -0.4 is 5.32 Å². The largest absolute Gasteiger partial charge is 0.352 e. The van der Waals surface area contributed by atoms with Crippen molar-refractivity contribution in [1.29, 1.82) is 0 Å². The van der Waals surface area contributed by atoms with E-state index in [1.54, 1.807) is 16.9 Å². The summed E-state index contributed by atoms with van der Waals surface area (Å²) in [4.78, 5) is 23.9. The first-order valence-electron chi connectivity index (χ1n) is 8.91. The number of pyridine rings is 1. The fourth-order valence-corrected chi connectivity index (χ4v) is 3.68. The maximum absolute atomic E-state index is 12.9. The van der Waals surface area contributed by atoms with Gasteiger partial charge in [0.15, 0.2) is 0 Å². The highest BCUT2D eigenvalue weighted by atomic mass is 19.3. The van der Waals surface area contributed by atoms with Crippen LogP contribution in [0.25, 0.3) is 27.7 Å². The van der Waals surface area contributed by atoms with Gasteiger partial charge in [-0.2, -0.15) is 5.10 Å². The number of aromatic nitrogens is 5. The number of halogens is 2. The molecule has 9 heteroatoms. The van der Waals surface area contributed by atoms with E-state index in [-0.39, 0.29) is 31.2 Å². The molecule has 0 saturated heterocycles. The molecule has 1 saturated carbocycles. The van der Waals surface area contributed by atoms with E-state index in [9.17, 15) is 13.6 Å². The molecule has 0 bridgehead atoms. The van der Waals surface area contributed by atoms with Gasteiger partial charge < -0.3 is 10.3 Å². The van der Waals surface area contributed by atoms with Crippen molar-refractivity contribution in [1.82, 2.24) is 29.9 Å². The smallest absolute Gasteiger partial charge is 0.255 e. The van der Waals surface area contributed by atoms with E-state index in [1.165, 1.54) is 12.5 Å². The Labute approximate surface area is 157 Å². The number of carbonyl (C=O) groups excluding carboxylic acids is 1. The zero-order valence-corrected chi connectivity index (χ0v) is 14.7. The highest BCUT2D eigenvalue weighted by molar-refractivity contribution is 6.02. The number of rotatable bonds is 4. The van der Waals surface area contributed by atoms with Crippen LogP contribution in [0.3, 0.4) is 0 Å². The van der Waals surface area contributed by atoms with Crippen molar-refractivity contribution in [3.8, 4) is 11.1 Å². The molecule has 0 aromatic carbocycles. The van der Waals surface area contributed by atoms with E-state index in [0.29, 0.717) is 11.1 Å². The Morgan fingerprint density at radius 3 is 3.04 bits per heavy atom. The monoisotopic (exact) mass is 382 g/mol. The molecule has 0 aliphatic heterocycles. The van der Waals surface area contributed by atoms with Crippen LogP contribution in [0, 0.1) is 5.92 Å². The van der Waals surface area contributed by atoms with Gasteiger partial charge in [-0.05, 0) is 23.6 Å². The molecule has 0 radical (unpaired) electrons. The zero-order valence-electron chi connectivity index (χ0n) is 14.7. The summed E-state index contributed by atoms with van der Waals surface area (Å²) in [6.07, 6.45) is 7.97. The van der Waals surface area contributed by atoms with Gasteiger partial charge in [0, 0.05) is 48.9 Å². The number of carbonyl (C=O) groups is 1.